The topological polar surface area (TPSA) is 97.9 Å². The number of rotatable bonds is 4. The van der Waals surface area contributed by atoms with Crippen LogP contribution in [0.5, 0.6) is 0 Å². The Morgan fingerprint density at radius 1 is 1.21 bits per heavy atom. The van der Waals surface area contributed by atoms with Crippen LogP contribution in [0.15, 0.2) is 51.5 Å². The molecular weight excluding hydrogens is 390 g/mol. The lowest BCUT2D eigenvalue weighted by Gasteiger charge is -2.11. The number of benzene rings is 1. The molecule has 1 N–H and O–H groups in total. The number of nitrogens with zero attached hydrogens (tertiary/aromatic N) is 5. The molecule has 0 amide bonds. The third kappa shape index (κ3) is 3.20. The molecule has 3 aromatic heterocycles. The quantitative estimate of drug-likeness (QED) is 0.523. The van der Waals surface area contributed by atoms with Gasteiger partial charge in [-0.05, 0) is 30.2 Å². The van der Waals surface area contributed by atoms with E-state index in [0.29, 0.717) is 5.75 Å². The largest absolute Gasteiger partial charge is 0.324 e. The summed E-state index contributed by atoms with van der Waals surface area (Å²) < 4.78 is 29.3. The molecule has 0 saturated carbocycles. The summed E-state index contributed by atoms with van der Waals surface area (Å²) in [4.78, 5) is 30.5. The molecule has 1 aromatic carbocycles. The highest BCUT2D eigenvalue weighted by Crippen LogP contribution is 2.24. The zero-order chi connectivity index (χ0) is 19.8. The molecule has 3 heterocycles. The summed E-state index contributed by atoms with van der Waals surface area (Å²) >= 11 is 1.17. The number of aryl methyl sites for hydroxylation is 1. The molecule has 0 fully saturated rings. The standard InChI is InChI=1S/C17H12F2N6O2S/c1-9-4-11(18)3-2-10(9)8-28-17-23-25-15(12(19)5-22-25)16(27)24(17)13-6-21-14(26)7-20-13/h2-7H,8H2,1H3,(H,21,26). The number of fused-ring (bicyclic) bond motifs is 1. The van der Waals surface area contributed by atoms with Crippen LogP contribution in [0.2, 0.25) is 0 Å². The molecule has 8 nitrogen and oxygen atoms in total. The van der Waals surface area contributed by atoms with Crippen LogP contribution in [0.4, 0.5) is 8.78 Å². The van der Waals surface area contributed by atoms with Crippen molar-refractivity contribution in [3.63, 3.8) is 0 Å². The van der Waals surface area contributed by atoms with E-state index in [1.165, 1.54) is 30.1 Å². The highest BCUT2D eigenvalue weighted by Gasteiger charge is 2.19. The van der Waals surface area contributed by atoms with E-state index in [2.05, 4.69) is 20.2 Å². The van der Waals surface area contributed by atoms with Crippen LogP contribution in [-0.4, -0.2) is 29.4 Å². The van der Waals surface area contributed by atoms with Crippen molar-refractivity contribution in [2.75, 3.05) is 0 Å². The van der Waals surface area contributed by atoms with Crippen LogP contribution in [0.3, 0.4) is 0 Å². The Hall–Kier alpha value is -3.34. The summed E-state index contributed by atoms with van der Waals surface area (Å²) in [5.41, 5.74) is 0.0823. The predicted octanol–water partition coefficient (Wildman–Crippen LogP) is 1.84. The van der Waals surface area contributed by atoms with Gasteiger partial charge in [0.25, 0.3) is 11.1 Å². The molecule has 4 rings (SSSR count). The van der Waals surface area contributed by atoms with Crippen molar-refractivity contribution in [1.29, 1.82) is 0 Å². The molecule has 0 aliphatic rings. The van der Waals surface area contributed by atoms with Crippen molar-refractivity contribution in [3.05, 3.63) is 80.3 Å². The zero-order valence-corrected chi connectivity index (χ0v) is 15.2. The van der Waals surface area contributed by atoms with Gasteiger partial charge in [-0.25, -0.2) is 18.3 Å². The summed E-state index contributed by atoms with van der Waals surface area (Å²) in [5.74, 6) is -0.704. The Bertz CT molecular complexity index is 1290. The number of aromatic amines is 1. The van der Waals surface area contributed by atoms with Crippen LogP contribution >= 0.6 is 11.8 Å². The van der Waals surface area contributed by atoms with Gasteiger partial charge in [0.05, 0.1) is 12.4 Å². The van der Waals surface area contributed by atoms with E-state index >= 15 is 0 Å². The number of nitrogens with one attached hydrogen (secondary N) is 1. The molecule has 0 aliphatic carbocycles. The first-order valence-corrected chi connectivity index (χ1v) is 9.02. The molecule has 0 radical (unpaired) electrons. The molecule has 4 aromatic rings. The molecule has 142 valence electrons. The minimum Gasteiger partial charge on any atom is -0.324 e. The molecule has 11 heteroatoms. The highest BCUT2D eigenvalue weighted by atomic mass is 32.2. The van der Waals surface area contributed by atoms with Crippen molar-refractivity contribution >= 4 is 17.3 Å². The van der Waals surface area contributed by atoms with Crippen LogP contribution < -0.4 is 11.1 Å². The summed E-state index contributed by atoms with van der Waals surface area (Å²) in [7, 11) is 0. The fourth-order valence-corrected chi connectivity index (χ4v) is 3.67. The first kappa shape index (κ1) is 18.0. The van der Waals surface area contributed by atoms with Crippen molar-refractivity contribution in [3.8, 4) is 5.82 Å². The monoisotopic (exact) mass is 402 g/mol. The van der Waals surface area contributed by atoms with Gasteiger partial charge in [0.15, 0.2) is 22.3 Å². The molecule has 0 bridgehead atoms. The lowest BCUT2D eigenvalue weighted by atomic mass is 10.1. The second-order valence-electron chi connectivity index (χ2n) is 5.88. The molecular formula is C17H12F2N6O2S. The Morgan fingerprint density at radius 3 is 2.75 bits per heavy atom. The molecule has 0 aliphatic heterocycles. The van der Waals surface area contributed by atoms with Crippen molar-refractivity contribution < 1.29 is 8.78 Å². The number of halogens is 2. The van der Waals surface area contributed by atoms with Crippen LogP contribution in [-0.2, 0) is 5.75 Å². The number of H-pyrrole nitrogens is 1. The summed E-state index contributed by atoms with van der Waals surface area (Å²) in [6.07, 6.45) is 3.15. The van der Waals surface area contributed by atoms with E-state index in [1.807, 2.05) is 0 Å². The highest BCUT2D eigenvalue weighted by molar-refractivity contribution is 7.98. The van der Waals surface area contributed by atoms with E-state index in [9.17, 15) is 18.4 Å². The molecule has 0 unspecified atom stereocenters. The third-order valence-electron chi connectivity index (χ3n) is 4.03. The first-order valence-electron chi connectivity index (χ1n) is 8.03. The third-order valence-corrected chi connectivity index (χ3v) is 5.01. The Labute approximate surface area is 159 Å². The van der Waals surface area contributed by atoms with E-state index < -0.39 is 16.9 Å². The lowest BCUT2D eigenvalue weighted by molar-refractivity contribution is 0.623. The van der Waals surface area contributed by atoms with Gasteiger partial charge >= 0.3 is 0 Å². The van der Waals surface area contributed by atoms with Gasteiger partial charge in [0.2, 0.25) is 0 Å². The van der Waals surface area contributed by atoms with Crippen molar-refractivity contribution in [1.82, 2.24) is 29.4 Å². The average molecular weight is 402 g/mol. The normalized spacial score (nSPS) is 11.2. The Morgan fingerprint density at radius 2 is 2.04 bits per heavy atom. The number of aromatic nitrogens is 6. The SMILES string of the molecule is Cc1cc(F)ccc1CSc1nn2ncc(F)c2c(=O)n1-c1c[nH]c(=O)cn1. The Kier molecular flexibility index (Phi) is 4.51. The van der Waals surface area contributed by atoms with Crippen molar-refractivity contribution in [2.45, 2.75) is 17.8 Å². The fraction of sp³-hybridized carbons (Fsp3) is 0.118. The van der Waals surface area contributed by atoms with Crippen LogP contribution in [0, 0.1) is 18.6 Å². The van der Waals surface area contributed by atoms with E-state index in [-0.39, 0.29) is 22.3 Å². The van der Waals surface area contributed by atoms with E-state index in [1.54, 1.807) is 13.0 Å². The molecule has 0 spiro atoms. The maximum atomic E-state index is 14.0. The molecule has 28 heavy (non-hydrogen) atoms. The number of hydrogen-bond donors (Lipinski definition) is 1. The molecule has 0 saturated heterocycles. The first-order chi connectivity index (χ1) is 13.4. The maximum Gasteiger partial charge on any atom is 0.289 e. The maximum absolute atomic E-state index is 14.0. The van der Waals surface area contributed by atoms with Gasteiger partial charge in [-0.1, -0.05) is 17.8 Å². The smallest absolute Gasteiger partial charge is 0.289 e. The van der Waals surface area contributed by atoms with Crippen LogP contribution in [0.25, 0.3) is 11.3 Å². The summed E-state index contributed by atoms with van der Waals surface area (Å²) in [6.45, 7) is 1.77. The van der Waals surface area contributed by atoms with Crippen molar-refractivity contribution in [2.24, 2.45) is 0 Å². The van der Waals surface area contributed by atoms with E-state index in [4.69, 9.17) is 0 Å². The number of hydrogen-bond acceptors (Lipinski definition) is 6. The van der Waals surface area contributed by atoms with Crippen LogP contribution in [0.1, 0.15) is 11.1 Å². The fourth-order valence-electron chi connectivity index (χ4n) is 2.62. The Balaban J connectivity index is 1.84. The summed E-state index contributed by atoms with van der Waals surface area (Å²) in [6, 6.07) is 4.40. The second kappa shape index (κ2) is 7.00. The average Bonchev–Trinajstić information content (AvgIpc) is 3.03. The molecule has 0 atom stereocenters. The lowest BCUT2D eigenvalue weighted by Crippen LogP contribution is -2.26. The minimum absolute atomic E-state index is 0.0820. The van der Waals surface area contributed by atoms with Gasteiger partial charge in [-0.15, -0.1) is 9.73 Å². The van der Waals surface area contributed by atoms with Gasteiger partial charge in [0.1, 0.15) is 5.82 Å². The van der Waals surface area contributed by atoms with Gasteiger partial charge < -0.3 is 4.98 Å². The second-order valence-corrected chi connectivity index (χ2v) is 6.82. The van der Waals surface area contributed by atoms with Gasteiger partial charge in [-0.3, -0.25) is 9.59 Å². The minimum atomic E-state index is -0.818. The number of thioether (sulfide) groups is 1. The van der Waals surface area contributed by atoms with Gasteiger partial charge in [-0.2, -0.15) is 5.10 Å². The van der Waals surface area contributed by atoms with E-state index in [0.717, 1.165) is 32.7 Å². The summed E-state index contributed by atoms with van der Waals surface area (Å²) in [5, 5.41) is 8.14. The zero-order valence-electron chi connectivity index (χ0n) is 14.4. The van der Waals surface area contributed by atoms with Gasteiger partial charge in [0, 0.05) is 11.9 Å². The predicted molar refractivity (Wildman–Crippen MR) is 97.7 cm³/mol.